The van der Waals surface area contributed by atoms with E-state index >= 15 is 0 Å². The second kappa shape index (κ2) is 7.57. The van der Waals surface area contributed by atoms with Gasteiger partial charge in [0.05, 0.1) is 0 Å². The summed E-state index contributed by atoms with van der Waals surface area (Å²) in [6, 6.07) is 0. The van der Waals surface area contributed by atoms with Gasteiger partial charge in [0, 0.05) is 31.3 Å². The van der Waals surface area contributed by atoms with Crippen molar-refractivity contribution in [2.45, 2.75) is 65.2 Å². The number of carbonyl (C=O) groups excluding carboxylic acids is 1. The standard InChI is InChI=1S/C16H27N3O2/c1-4-6-7-14-17-15(21-18-14)13-8-10-19(11-9-13)16(20)12(3)5-2/h12-13H,4-11H2,1-3H3/t12-/m0/s1. The van der Waals surface area contributed by atoms with Crippen molar-refractivity contribution < 1.29 is 9.32 Å². The van der Waals surface area contributed by atoms with Crippen LogP contribution in [0.25, 0.3) is 0 Å². The molecule has 0 aromatic carbocycles. The maximum Gasteiger partial charge on any atom is 0.229 e. The molecule has 0 N–H and O–H groups in total. The number of amides is 1. The first kappa shape index (κ1) is 16.0. The van der Waals surface area contributed by atoms with E-state index < -0.39 is 0 Å². The highest BCUT2D eigenvalue weighted by Gasteiger charge is 2.28. The van der Waals surface area contributed by atoms with Crippen molar-refractivity contribution in [1.29, 1.82) is 0 Å². The number of hydrogen-bond donors (Lipinski definition) is 0. The van der Waals surface area contributed by atoms with Crippen LogP contribution in [0.15, 0.2) is 4.52 Å². The lowest BCUT2D eigenvalue weighted by Crippen LogP contribution is -2.40. The normalized spacial score (nSPS) is 18.0. The highest BCUT2D eigenvalue weighted by Crippen LogP contribution is 2.27. The molecule has 5 nitrogen and oxygen atoms in total. The molecule has 1 aromatic rings. The number of aromatic nitrogens is 2. The predicted molar refractivity (Wildman–Crippen MR) is 80.9 cm³/mol. The lowest BCUT2D eigenvalue weighted by molar-refractivity contribution is -0.136. The molecule has 1 saturated heterocycles. The van der Waals surface area contributed by atoms with E-state index in [1.165, 1.54) is 0 Å². The van der Waals surface area contributed by atoms with Crippen LogP contribution in [0.3, 0.4) is 0 Å². The van der Waals surface area contributed by atoms with Crippen LogP contribution in [-0.2, 0) is 11.2 Å². The second-order valence-electron chi connectivity index (χ2n) is 6.06. The van der Waals surface area contributed by atoms with E-state index in [2.05, 4.69) is 24.0 Å². The topological polar surface area (TPSA) is 59.2 Å². The third kappa shape index (κ3) is 4.05. The smallest absolute Gasteiger partial charge is 0.229 e. The Kier molecular flexibility index (Phi) is 5.76. The van der Waals surface area contributed by atoms with Gasteiger partial charge in [0.15, 0.2) is 5.82 Å². The summed E-state index contributed by atoms with van der Waals surface area (Å²) in [4.78, 5) is 18.7. The zero-order chi connectivity index (χ0) is 15.2. The quantitative estimate of drug-likeness (QED) is 0.808. The van der Waals surface area contributed by atoms with Crippen LogP contribution in [-0.4, -0.2) is 34.0 Å². The van der Waals surface area contributed by atoms with Crippen molar-refractivity contribution in [3.05, 3.63) is 11.7 Å². The van der Waals surface area contributed by atoms with Gasteiger partial charge < -0.3 is 9.42 Å². The summed E-state index contributed by atoms with van der Waals surface area (Å²) in [6.45, 7) is 7.84. The average Bonchev–Trinajstić information content (AvgIpc) is 3.00. The fourth-order valence-electron chi connectivity index (χ4n) is 2.70. The van der Waals surface area contributed by atoms with Crippen molar-refractivity contribution in [3.63, 3.8) is 0 Å². The Bertz CT molecular complexity index is 450. The largest absolute Gasteiger partial charge is 0.342 e. The van der Waals surface area contributed by atoms with E-state index in [-0.39, 0.29) is 11.8 Å². The van der Waals surface area contributed by atoms with Crippen LogP contribution in [0.2, 0.25) is 0 Å². The first-order valence-corrected chi connectivity index (χ1v) is 8.26. The molecule has 1 fully saturated rings. The summed E-state index contributed by atoms with van der Waals surface area (Å²) >= 11 is 0. The van der Waals surface area contributed by atoms with Gasteiger partial charge in [-0.25, -0.2) is 0 Å². The number of hydrogen-bond acceptors (Lipinski definition) is 4. The van der Waals surface area contributed by atoms with Crippen LogP contribution in [0.5, 0.6) is 0 Å². The zero-order valence-electron chi connectivity index (χ0n) is 13.5. The van der Waals surface area contributed by atoms with Gasteiger partial charge in [-0.05, 0) is 25.7 Å². The summed E-state index contributed by atoms with van der Waals surface area (Å²) in [6.07, 6.45) is 5.89. The number of unbranched alkanes of at least 4 members (excludes halogenated alkanes) is 1. The van der Waals surface area contributed by atoms with Crippen molar-refractivity contribution >= 4 is 5.91 Å². The van der Waals surface area contributed by atoms with Gasteiger partial charge in [-0.1, -0.05) is 32.3 Å². The molecule has 0 spiro atoms. The van der Waals surface area contributed by atoms with Gasteiger partial charge >= 0.3 is 0 Å². The second-order valence-corrected chi connectivity index (χ2v) is 6.06. The highest BCUT2D eigenvalue weighted by molar-refractivity contribution is 5.78. The Labute approximate surface area is 127 Å². The van der Waals surface area contributed by atoms with Crippen molar-refractivity contribution in [1.82, 2.24) is 15.0 Å². The molecule has 1 amide bonds. The molecule has 118 valence electrons. The van der Waals surface area contributed by atoms with Crippen LogP contribution in [0.1, 0.15) is 70.5 Å². The van der Waals surface area contributed by atoms with E-state index in [4.69, 9.17) is 4.52 Å². The van der Waals surface area contributed by atoms with Crippen LogP contribution < -0.4 is 0 Å². The number of rotatable bonds is 6. The average molecular weight is 293 g/mol. The van der Waals surface area contributed by atoms with E-state index in [0.29, 0.717) is 5.92 Å². The van der Waals surface area contributed by atoms with Gasteiger partial charge in [-0.15, -0.1) is 0 Å². The molecule has 5 heteroatoms. The maximum absolute atomic E-state index is 12.2. The molecule has 2 heterocycles. The minimum absolute atomic E-state index is 0.130. The third-order valence-electron chi connectivity index (χ3n) is 4.43. The Morgan fingerprint density at radius 1 is 1.38 bits per heavy atom. The summed E-state index contributed by atoms with van der Waals surface area (Å²) in [7, 11) is 0. The molecule has 0 bridgehead atoms. The fraction of sp³-hybridized carbons (Fsp3) is 0.812. The van der Waals surface area contributed by atoms with Crippen molar-refractivity contribution in [2.24, 2.45) is 5.92 Å². The molecule has 1 aliphatic rings. The van der Waals surface area contributed by atoms with Gasteiger partial charge in [-0.3, -0.25) is 4.79 Å². The summed E-state index contributed by atoms with van der Waals surface area (Å²) < 4.78 is 5.40. The van der Waals surface area contributed by atoms with Crippen LogP contribution in [0.4, 0.5) is 0 Å². The highest BCUT2D eigenvalue weighted by atomic mass is 16.5. The predicted octanol–water partition coefficient (Wildman–Crippen LogP) is 3.16. The Balaban J connectivity index is 1.86. The number of likely N-dealkylation sites (tertiary alicyclic amines) is 1. The molecule has 0 saturated carbocycles. The lowest BCUT2D eigenvalue weighted by Gasteiger charge is -2.32. The van der Waals surface area contributed by atoms with Gasteiger partial charge in [0.1, 0.15) is 0 Å². The SMILES string of the molecule is CCCCc1noc(C2CCN(C(=O)[C@@H](C)CC)CC2)n1. The fourth-order valence-corrected chi connectivity index (χ4v) is 2.70. The summed E-state index contributed by atoms with van der Waals surface area (Å²) in [5.74, 6) is 2.31. The molecular formula is C16H27N3O2. The molecule has 2 rings (SSSR count). The third-order valence-corrected chi connectivity index (χ3v) is 4.43. The van der Waals surface area contributed by atoms with Crippen LogP contribution >= 0.6 is 0 Å². The van der Waals surface area contributed by atoms with Crippen LogP contribution in [0, 0.1) is 5.92 Å². The number of piperidine rings is 1. The molecular weight excluding hydrogens is 266 g/mol. The first-order valence-electron chi connectivity index (χ1n) is 8.26. The molecule has 0 unspecified atom stereocenters. The van der Waals surface area contributed by atoms with E-state index in [1.54, 1.807) is 0 Å². The minimum atomic E-state index is 0.130. The van der Waals surface area contributed by atoms with Gasteiger partial charge in [0.25, 0.3) is 0 Å². The molecule has 0 aliphatic carbocycles. The van der Waals surface area contributed by atoms with E-state index in [1.807, 2.05) is 11.8 Å². The maximum atomic E-state index is 12.2. The van der Waals surface area contributed by atoms with E-state index in [0.717, 1.165) is 63.3 Å². The number of aryl methyl sites for hydroxylation is 1. The minimum Gasteiger partial charge on any atom is -0.342 e. The molecule has 1 aromatic heterocycles. The van der Waals surface area contributed by atoms with Gasteiger partial charge in [0.2, 0.25) is 11.8 Å². The zero-order valence-corrected chi connectivity index (χ0v) is 13.5. The Morgan fingerprint density at radius 3 is 2.71 bits per heavy atom. The monoisotopic (exact) mass is 293 g/mol. The van der Waals surface area contributed by atoms with Gasteiger partial charge in [-0.2, -0.15) is 4.98 Å². The number of nitrogens with zero attached hydrogens (tertiary/aromatic N) is 3. The molecule has 1 atom stereocenters. The number of carbonyl (C=O) groups is 1. The van der Waals surface area contributed by atoms with E-state index in [9.17, 15) is 4.79 Å². The first-order chi connectivity index (χ1) is 10.2. The Morgan fingerprint density at radius 2 is 2.10 bits per heavy atom. The molecule has 21 heavy (non-hydrogen) atoms. The summed E-state index contributed by atoms with van der Waals surface area (Å²) in [5.41, 5.74) is 0. The van der Waals surface area contributed by atoms with Crippen molar-refractivity contribution in [2.75, 3.05) is 13.1 Å². The van der Waals surface area contributed by atoms with Crippen molar-refractivity contribution in [3.8, 4) is 0 Å². The Hall–Kier alpha value is -1.39. The summed E-state index contributed by atoms with van der Waals surface area (Å²) in [5, 5.41) is 4.06. The molecule has 0 radical (unpaired) electrons. The molecule has 1 aliphatic heterocycles. The lowest BCUT2D eigenvalue weighted by atomic mass is 9.95.